The van der Waals surface area contributed by atoms with Gasteiger partial charge in [0.2, 0.25) is 0 Å². The maximum Gasteiger partial charge on any atom is 0.170 e. The van der Waals surface area contributed by atoms with Crippen molar-refractivity contribution in [3.8, 4) is 11.5 Å². The van der Waals surface area contributed by atoms with Crippen LogP contribution in [0.15, 0.2) is 24.5 Å². The summed E-state index contributed by atoms with van der Waals surface area (Å²) >= 11 is 0. The average Bonchev–Trinajstić information content (AvgIpc) is 2.93. The Morgan fingerprint density at radius 3 is 2.40 bits per heavy atom. The Bertz CT molecular complexity index is 585. The van der Waals surface area contributed by atoms with Crippen LogP contribution in [0.25, 0.3) is 0 Å². The molecule has 0 fully saturated rings. The Morgan fingerprint density at radius 2 is 1.85 bits per heavy atom. The van der Waals surface area contributed by atoms with Gasteiger partial charge in [-0.3, -0.25) is 4.79 Å². The molecule has 1 heterocycles. The number of rotatable bonds is 6. The summed E-state index contributed by atoms with van der Waals surface area (Å²) in [6, 6.07) is 5.11. The van der Waals surface area contributed by atoms with Crippen LogP contribution in [0.2, 0.25) is 0 Å². The smallest absolute Gasteiger partial charge is 0.170 e. The molecule has 6 heteroatoms. The van der Waals surface area contributed by atoms with Crippen LogP contribution in [0.5, 0.6) is 11.5 Å². The summed E-state index contributed by atoms with van der Waals surface area (Å²) in [7, 11) is 3.10. The molecule has 1 aromatic carbocycles. The third kappa shape index (κ3) is 2.96. The highest BCUT2D eigenvalue weighted by molar-refractivity contribution is 5.97. The van der Waals surface area contributed by atoms with Gasteiger partial charge < -0.3 is 9.47 Å². The predicted molar refractivity (Wildman–Crippen MR) is 73.3 cm³/mol. The highest BCUT2D eigenvalue weighted by Crippen LogP contribution is 2.23. The van der Waals surface area contributed by atoms with E-state index in [0.29, 0.717) is 29.4 Å². The molecule has 2 aromatic rings. The average molecular weight is 275 g/mol. The van der Waals surface area contributed by atoms with Crippen LogP contribution in [0, 0.1) is 0 Å². The van der Waals surface area contributed by atoms with E-state index in [2.05, 4.69) is 10.1 Å². The number of ether oxygens (including phenoxy) is 2. The lowest BCUT2D eigenvalue weighted by molar-refractivity contribution is 0.0988. The van der Waals surface area contributed by atoms with Gasteiger partial charge in [0.05, 0.1) is 20.6 Å². The molecule has 0 saturated heterocycles. The van der Waals surface area contributed by atoms with Crippen molar-refractivity contribution in [3.63, 3.8) is 0 Å². The molecule has 1 aromatic heterocycles. The predicted octanol–water partition coefficient (Wildman–Crippen LogP) is 1.74. The molecule has 0 unspecified atom stereocenters. The zero-order chi connectivity index (χ0) is 14.5. The number of carbonyl (C=O) groups is 1. The standard InChI is InChI=1S/C14H17N3O3/c1-4-17-14(15-9-16-17)8-13(18)10-5-11(19-2)7-12(6-10)20-3/h5-7,9H,4,8H2,1-3H3. The van der Waals surface area contributed by atoms with Crippen molar-refractivity contribution in [1.82, 2.24) is 14.8 Å². The summed E-state index contributed by atoms with van der Waals surface area (Å²) in [6.07, 6.45) is 1.66. The Hall–Kier alpha value is -2.37. The zero-order valence-electron chi connectivity index (χ0n) is 11.8. The lowest BCUT2D eigenvalue weighted by Crippen LogP contribution is -2.11. The summed E-state index contributed by atoms with van der Waals surface area (Å²) in [4.78, 5) is 16.4. The Morgan fingerprint density at radius 1 is 1.20 bits per heavy atom. The van der Waals surface area contributed by atoms with E-state index in [1.54, 1.807) is 37.1 Å². The first-order valence-corrected chi connectivity index (χ1v) is 6.30. The molecule has 0 aliphatic rings. The van der Waals surface area contributed by atoms with Crippen LogP contribution in [0.1, 0.15) is 23.1 Å². The van der Waals surface area contributed by atoms with E-state index in [9.17, 15) is 4.79 Å². The van der Waals surface area contributed by atoms with Crippen molar-refractivity contribution in [2.45, 2.75) is 19.9 Å². The number of carbonyl (C=O) groups excluding carboxylic acids is 1. The molecule has 0 radical (unpaired) electrons. The number of ketones is 1. The summed E-state index contributed by atoms with van der Waals surface area (Å²) in [6.45, 7) is 2.64. The number of aryl methyl sites for hydroxylation is 1. The van der Waals surface area contributed by atoms with E-state index >= 15 is 0 Å². The Labute approximate surface area is 117 Å². The van der Waals surface area contributed by atoms with Gasteiger partial charge in [-0.1, -0.05) is 0 Å². The van der Waals surface area contributed by atoms with Gasteiger partial charge in [0, 0.05) is 18.2 Å². The topological polar surface area (TPSA) is 66.2 Å². The molecule has 0 amide bonds. The fourth-order valence-corrected chi connectivity index (χ4v) is 1.90. The van der Waals surface area contributed by atoms with Crippen LogP contribution in [-0.4, -0.2) is 34.8 Å². The summed E-state index contributed by atoms with van der Waals surface area (Å²) in [5, 5.41) is 4.05. The molecule has 0 bridgehead atoms. The van der Waals surface area contributed by atoms with Crippen molar-refractivity contribution in [2.24, 2.45) is 0 Å². The molecule has 0 spiro atoms. The zero-order valence-corrected chi connectivity index (χ0v) is 11.8. The first-order valence-electron chi connectivity index (χ1n) is 6.30. The van der Waals surface area contributed by atoms with Gasteiger partial charge >= 0.3 is 0 Å². The van der Waals surface area contributed by atoms with Crippen molar-refractivity contribution in [1.29, 1.82) is 0 Å². The minimum atomic E-state index is -0.0510. The fourth-order valence-electron chi connectivity index (χ4n) is 1.90. The molecule has 0 atom stereocenters. The van der Waals surface area contributed by atoms with Crippen LogP contribution >= 0.6 is 0 Å². The van der Waals surface area contributed by atoms with Crippen molar-refractivity contribution in [2.75, 3.05) is 14.2 Å². The number of nitrogens with zero attached hydrogens (tertiary/aromatic N) is 3. The van der Waals surface area contributed by atoms with Gasteiger partial charge in [0.1, 0.15) is 23.7 Å². The quantitative estimate of drug-likeness (QED) is 0.751. The van der Waals surface area contributed by atoms with E-state index < -0.39 is 0 Å². The molecular weight excluding hydrogens is 258 g/mol. The molecule has 2 rings (SSSR count). The molecule has 0 aliphatic heterocycles. The number of methoxy groups -OCH3 is 2. The van der Waals surface area contributed by atoms with Crippen LogP contribution in [0.4, 0.5) is 0 Å². The second-order valence-electron chi connectivity index (χ2n) is 4.19. The number of aromatic nitrogens is 3. The number of Topliss-reactive ketones (excluding diaryl/α,β-unsaturated/α-hetero) is 1. The third-order valence-electron chi connectivity index (χ3n) is 2.99. The van der Waals surface area contributed by atoms with E-state index in [4.69, 9.17) is 9.47 Å². The number of benzene rings is 1. The monoisotopic (exact) mass is 275 g/mol. The van der Waals surface area contributed by atoms with Gasteiger partial charge in [0.15, 0.2) is 5.78 Å². The third-order valence-corrected chi connectivity index (χ3v) is 2.99. The van der Waals surface area contributed by atoms with E-state index in [1.165, 1.54) is 6.33 Å². The minimum absolute atomic E-state index is 0.0510. The normalized spacial score (nSPS) is 10.3. The highest BCUT2D eigenvalue weighted by Gasteiger charge is 2.14. The van der Waals surface area contributed by atoms with Gasteiger partial charge in [-0.05, 0) is 19.1 Å². The molecule has 0 N–H and O–H groups in total. The number of hydrogen-bond acceptors (Lipinski definition) is 5. The number of hydrogen-bond donors (Lipinski definition) is 0. The van der Waals surface area contributed by atoms with Crippen LogP contribution in [0.3, 0.4) is 0 Å². The molecule has 106 valence electrons. The Kier molecular flexibility index (Phi) is 4.34. The first-order chi connectivity index (χ1) is 9.67. The minimum Gasteiger partial charge on any atom is -0.497 e. The largest absolute Gasteiger partial charge is 0.497 e. The van der Waals surface area contributed by atoms with Crippen molar-refractivity contribution in [3.05, 3.63) is 35.9 Å². The lowest BCUT2D eigenvalue weighted by Gasteiger charge is -2.08. The van der Waals surface area contributed by atoms with Gasteiger partial charge in [-0.2, -0.15) is 5.10 Å². The second-order valence-corrected chi connectivity index (χ2v) is 4.19. The fraction of sp³-hybridized carbons (Fsp3) is 0.357. The van der Waals surface area contributed by atoms with Crippen LogP contribution < -0.4 is 9.47 Å². The van der Waals surface area contributed by atoms with Gasteiger partial charge in [-0.15, -0.1) is 0 Å². The summed E-state index contributed by atoms with van der Waals surface area (Å²) < 4.78 is 12.0. The maximum atomic E-state index is 12.3. The van der Waals surface area contributed by atoms with E-state index in [-0.39, 0.29) is 12.2 Å². The molecular formula is C14H17N3O3. The van der Waals surface area contributed by atoms with Gasteiger partial charge in [-0.25, -0.2) is 9.67 Å². The van der Waals surface area contributed by atoms with Crippen molar-refractivity contribution >= 4 is 5.78 Å². The lowest BCUT2D eigenvalue weighted by atomic mass is 10.1. The van der Waals surface area contributed by atoms with Crippen molar-refractivity contribution < 1.29 is 14.3 Å². The second kappa shape index (κ2) is 6.18. The Balaban J connectivity index is 2.24. The summed E-state index contributed by atoms with van der Waals surface area (Å²) in [5.74, 6) is 1.78. The SMILES string of the molecule is CCn1ncnc1CC(=O)c1cc(OC)cc(OC)c1. The maximum absolute atomic E-state index is 12.3. The summed E-state index contributed by atoms with van der Waals surface area (Å²) in [5.41, 5.74) is 0.534. The highest BCUT2D eigenvalue weighted by atomic mass is 16.5. The molecule has 20 heavy (non-hydrogen) atoms. The van der Waals surface area contributed by atoms with Crippen LogP contribution in [-0.2, 0) is 13.0 Å². The first kappa shape index (κ1) is 14.0. The molecule has 6 nitrogen and oxygen atoms in total. The van der Waals surface area contributed by atoms with E-state index in [1.807, 2.05) is 6.92 Å². The molecule has 0 aliphatic carbocycles. The van der Waals surface area contributed by atoms with Gasteiger partial charge in [0.25, 0.3) is 0 Å². The van der Waals surface area contributed by atoms with E-state index in [0.717, 1.165) is 0 Å². The molecule has 0 saturated carbocycles.